The summed E-state index contributed by atoms with van der Waals surface area (Å²) in [6, 6.07) is 0. The quantitative estimate of drug-likeness (QED) is 0.450. The molecule has 0 aromatic rings. The number of carbonyl (C=O) groups is 1. The fraction of sp³-hybridized carbons (Fsp3) is 0.750. The lowest BCUT2D eigenvalue weighted by molar-refractivity contribution is -0.128. The van der Waals surface area contributed by atoms with Gasteiger partial charge in [0.25, 0.3) is 5.91 Å². The molecule has 0 aromatic carbocycles. The van der Waals surface area contributed by atoms with Crippen LogP contribution in [0.5, 0.6) is 0 Å². The SMILES string of the molecule is CC(O)NC(=O)C[O]. The summed E-state index contributed by atoms with van der Waals surface area (Å²) >= 11 is 0. The normalized spacial score (nSPS) is 12.9. The summed E-state index contributed by atoms with van der Waals surface area (Å²) in [6.45, 7) is 0.540. The predicted octanol–water partition coefficient (Wildman–Crippen LogP) is -1.13. The molecule has 0 heterocycles. The molecule has 8 heavy (non-hydrogen) atoms. The van der Waals surface area contributed by atoms with Crippen LogP contribution in [0.15, 0.2) is 0 Å². The Morgan fingerprint density at radius 2 is 2.38 bits per heavy atom. The van der Waals surface area contributed by atoms with E-state index in [0.29, 0.717) is 0 Å². The molecule has 1 amide bonds. The highest BCUT2D eigenvalue weighted by Gasteiger charge is 1.99. The van der Waals surface area contributed by atoms with Crippen LogP contribution in [0, 0.1) is 0 Å². The number of carbonyl (C=O) groups excluding carboxylic acids is 1. The van der Waals surface area contributed by atoms with E-state index in [-0.39, 0.29) is 0 Å². The number of rotatable bonds is 2. The third kappa shape index (κ3) is 3.58. The molecule has 2 N–H and O–H groups in total. The van der Waals surface area contributed by atoms with Gasteiger partial charge < -0.3 is 10.4 Å². The second kappa shape index (κ2) is 3.40. The minimum absolute atomic E-state index is 0.681. The van der Waals surface area contributed by atoms with E-state index in [4.69, 9.17) is 5.11 Å². The molecule has 0 aliphatic rings. The first-order chi connectivity index (χ1) is 3.66. The molecule has 1 radical (unpaired) electrons. The van der Waals surface area contributed by atoms with Gasteiger partial charge in [-0.25, -0.2) is 5.11 Å². The van der Waals surface area contributed by atoms with Gasteiger partial charge in [-0.1, -0.05) is 0 Å². The van der Waals surface area contributed by atoms with Crippen molar-refractivity contribution in [1.82, 2.24) is 5.32 Å². The van der Waals surface area contributed by atoms with Crippen LogP contribution in [-0.2, 0) is 9.90 Å². The highest BCUT2D eigenvalue weighted by Crippen LogP contribution is 1.69. The number of amides is 1. The average Bonchev–Trinajstić information content (AvgIpc) is 1.65. The Hall–Kier alpha value is -0.610. The maximum atomic E-state index is 10.0. The van der Waals surface area contributed by atoms with E-state index in [1.807, 2.05) is 5.32 Å². The first-order valence-corrected chi connectivity index (χ1v) is 2.22. The van der Waals surface area contributed by atoms with E-state index < -0.39 is 18.7 Å². The lowest BCUT2D eigenvalue weighted by atomic mass is 10.6. The molecule has 47 valence electrons. The van der Waals surface area contributed by atoms with Gasteiger partial charge in [0.05, 0.1) is 0 Å². The summed E-state index contributed by atoms with van der Waals surface area (Å²) in [4.78, 5) is 10.0. The third-order valence-electron chi connectivity index (χ3n) is 0.501. The van der Waals surface area contributed by atoms with Gasteiger partial charge in [-0.2, -0.15) is 0 Å². The van der Waals surface area contributed by atoms with Gasteiger partial charge >= 0.3 is 0 Å². The van der Waals surface area contributed by atoms with E-state index in [9.17, 15) is 9.90 Å². The second-order valence-electron chi connectivity index (χ2n) is 1.39. The van der Waals surface area contributed by atoms with Crippen LogP contribution in [0.25, 0.3) is 0 Å². The van der Waals surface area contributed by atoms with Crippen molar-refractivity contribution in [3.05, 3.63) is 0 Å². The molecular weight excluding hydrogens is 110 g/mol. The van der Waals surface area contributed by atoms with Gasteiger partial charge in [-0.15, -0.1) is 0 Å². The average molecular weight is 118 g/mol. The molecule has 0 aliphatic heterocycles. The maximum Gasteiger partial charge on any atom is 0.251 e. The van der Waals surface area contributed by atoms with Crippen LogP contribution >= 0.6 is 0 Å². The highest BCUT2D eigenvalue weighted by atomic mass is 16.3. The van der Waals surface area contributed by atoms with Crippen molar-refractivity contribution in [2.24, 2.45) is 0 Å². The zero-order valence-corrected chi connectivity index (χ0v) is 4.55. The van der Waals surface area contributed by atoms with Gasteiger partial charge in [-0.3, -0.25) is 4.79 Å². The standard InChI is InChI=1S/C4H8NO3/c1-3(7)5-4(8)2-6/h3,7H,2H2,1H3,(H,5,8). The van der Waals surface area contributed by atoms with Crippen molar-refractivity contribution in [2.45, 2.75) is 13.2 Å². The first-order valence-electron chi connectivity index (χ1n) is 2.22. The molecule has 1 unspecified atom stereocenters. The van der Waals surface area contributed by atoms with Crippen molar-refractivity contribution in [2.75, 3.05) is 6.61 Å². The van der Waals surface area contributed by atoms with Crippen LogP contribution in [0.1, 0.15) is 6.92 Å². The second-order valence-corrected chi connectivity index (χ2v) is 1.39. The summed E-state index contributed by atoms with van der Waals surface area (Å²) in [5.41, 5.74) is 0. The van der Waals surface area contributed by atoms with Crippen LogP contribution in [0.2, 0.25) is 0 Å². The molecule has 4 heteroatoms. The Bertz CT molecular complexity index is 81.4. The highest BCUT2D eigenvalue weighted by molar-refractivity contribution is 5.76. The van der Waals surface area contributed by atoms with Crippen LogP contribution in [0.4, 0.5) is 0 Å². The molecular formula is C4H8NO3. The summed E-state index contributed by atoms with van der Waals surface area (Å²) in [7, 11) is 0. The Kier molecular flexibility index (Phi) is 3.14. The number of hydrogen-bond donors (Lipinski definition) is 2. The number of hydrogen-bond acceptors (Lipinski definition) is 2. The van der Waals surface area contributed by atoms with Crippen molar-refractivity contribution in [3.8, 4) is 0 Å². The molecule has 0 saturated heterocycles. The zero-order chi connectivity index (χ0) is 6.57. The predicted molar refractivity (Wildman–Crippen MR) is 25.4 cm³/mol. The van der Waals surface area contributed by atoms with E-state index >= 15 is 0 Å². The fourth-order valence-electron chi connectivity index (χ4n) is 0.275. The van der Waals surface area contributed by atoms with Gasteiger partial charge in [-0.05, 0) is 6.92 Å². The lowest BCUT2D eigenvalue weighted by Gasteiger charge is -2.02. The van der Waals surface area contributed by atoms with Gasteiger partial charge in [0.15, 0.2) is 6.61 Å². The van der Waals surface area contributed by atoms with Crippen LogP contribution in [0.3, 0.4) is 0 Å². The molecule has 0 fully saturated rings. The number of aliphatic hydroxyl groups is 1. The monoisotopic (exact) mass is 118 g/mol. The molecule has 0 aromatic heterocycles. The van der Waals surface area contributed by atoms with Gasteiger partial charge in [0.2, 0.25) is 0 Å². The van der Waals surface area contributed by atoms with Crippen molar-refractivity contribution >= 4 is 5.91 Å². The zero-order valence-electron chi connectivity index (χ0n) is 4.55. The molecule has 0 saturated carbocycles. The molecule has 1 atom stereocenters. The summed E-state index contributed by atoms with van der Waals surface area (Å²) in [5, 5.41) is 20.0. The van der Waals surface area contributed by atoms with Crippen LogP contribution < -0.4 is 5.32 Å². The number of aliphatic hydroxyl groups excluding tert-OH is 1. The minimum Gasteiger partial charge on any atom is -0.374 e. The topological polar surface area (TPSA) is 69.2 Å². The maximum absolute atomic E-state index is 10.0. The van der Waals surface area contributed by atoms with E-state index in [1.165, 1.54) is 6.92 Å². The Morgan fingerprint density at radius 1 is 1.88 bits per heavy atom. The Balaban J connectivity index is 3.25. The molecule has 0 spiro atoms. The minimum atomic E-state index is -0.920. The smallest absolute Gasteiger partial charge is 0.251 e. The van der Waals surface area contributed by atoms with E-state index in [2.05, 4.69) is 0 Å². The summed E-state index contributed by atoms with van der Waals surface area (Å²) in [5.74, 6) is -0.681. The fourth-order valence-corrected chi connectivity index (χ4v) is 0.275. The molecule has 0 rings (SSSR count). The lowest BCUT2D eigenvalue weighted by Crippen LogP contribution is -2.33. The van der Waals surface area contributed by atoms with Gasteiger partial charge in [0, 0.05) is 0 Å². The molecule has 0 aliphatic carbocycles. The Labute approximate surface area is 47.1 Å². The first kappa shape index (κ1) is 7.39. The van der Waals surface area contributed by atoms with E-state index in [1.54, 1.807) is 0 Å². The van der Waals surface area contributed by atoms with Crippen molar-refractivity contribution in [3.63, 3.8) is 0 Å². The van der Waals surface area contributed by atoms with Crippen molar-refractivity contribution < 1.29 is 15.0 Å². The molecule has 0 bridgehead atoms. The number of nitrogens with one attached hydrogen (secondary N) is 1. The molecule has 4 nitrogen and oxygen atoms in total. The van der Waals surface area contributed by atoms with Crippen LogP contribution in [-0.4, -0.2) is 23.8 Å². The summed E-state index contributed by atoms with van der Waals surface area (Å²) < 4.78 is 0. The van der Waals surface area contributed by atoms with E-state index in [0.717, 1.165) is 0 Å². The summed E-state index contributed by atoms with van der Waals surface area (Å²) in [6.07, 6.45) is -0.920. The van der Waals surface area contributed by atoms with Crippen molar-refractivity contribution in [1.29, 1.82) is 0 Å². The largest absolute Gasteiger partial charge is 0.374 e. The third-order valence-corrected chi connectivity index (χ3v) is 0.501. The Morgan fingerprint density at radius 3 is 2.50 bits per heavy atom. The van der Waals surface area contributed by atoms with Gasteiger partial charge in [0.1, 0.15) is 6.23 Å².